The third kappa shape index (κ3) is 12.9. The second-order valence-corrected chi connectivity index (χ2v) is 24.9. The lowest BCUT2D eigenvalue weighted by Crippen LogP contribution is -2.59. The summed E-state index contributed by atoms with van der Waals surface area (Å²) >= 11 is 0. The van der Waals surface area contributed by atoms with E-state index in [1.54, 1.807) is 30.3 Å². The van der Waals surface area contributed by atoms with Crippen molar-refractivity contribution in [3.8, 4) is 11.1 Å². The molecule has 354 valence electrons. The zero-order chi connectivity index (χ0) is 47.6. The van der Waals surface area contributed by atoms with Gasteiger partial charge < -0.3 is 40.2 Å². The number of ether oxygens (including phenoxy) is 4. The van der Waals surface area contributed by atoms with E-state index in [1.165, 1.54) is 6.07 Å². The van der Waals surface area contributed by atoms with Crippen LogP contribution in [-0.2, 0) is 18.9 Å². The molecule has 12 heteroatoms. The van der Waals surface area contributed by atoms with E-state index >= 15 is 0 Å². The predicted molar refractivity (Wildman–Crippen MR) is 251 cm³/mol. The number of carbonyl (C=O) groups is 4. The summed E-state index contributed by atoms with van der Waals surface area (Å²) in [6.45, 7) is 33.4. The molecule has 0 radical (unpaired) electrons. The van der Waals surface area contributed by atoms with E-state index in [9.17, 15) is 19.2 Å². The smallest absolute Gasteiger partial charge is 0.339 e. The van der Waals surface area contributed by atoms with Crippen molar-refractivity contribution in [3.05, 3.63) is 58.7 Å². The quantitative estimate of drug-likeness (QED) is 0.140. The minimum Gasteiger partial charge on any atom is -0.459 e. The fraction of sp³-hybridized carbons (Fsp3) is 0.692. The highest BCUT2D eigenvalue weighted by Gasteiger charge is 2.44. The van der Waals surface area contributed by atoms with Gasteiger partial charge in [-0.05, 0) is 152 Å². The van der Waals surface area contributed by atoms with Crippen LogP contribution >= 0.6 is 0 Å². The van der Waals surface area contributed by atoms with Crippen molar-refractivity contribution in [1.82, 2.24) is 21.3 Å². The molecule has 4 heterocycles. The van der Waals surface area contributed by atoms with E-state index in [-0.39, 0.29) is 78.8 Å². The Hall–Kier alpha value is -3.84. The minimum absolute atomic E-state index is 0.0412. The van der Waals surface area contributed by atoms with E-state index in [4.69, 9.17) is 18.9 Å². The van der Waals surface area contributed by atoms with Gasteiger partial charge in [0, 0.05) is 95.7 Å². The third-order valence-electron chi connectivity index (χ3n) is 12.9. The Balaban J connectivity index is 1.40. The van der Waals surface area contributed by atoms with Crippen LogP contribution in [0.5, 0.6) is 0 Å². The van der Waals surface area contributed by atoms with Crippen molar-refractivity contribution in [2.24, 2.45) is 0 Å². The van der Waals surface area contributed by atoms with Crippen LogP contribution in [0, 0.1) is 0 Å². The summed E-state index contributed by atoms with van der Waals surface area (Å²) in [4.78, 5) is 57.3. The summed E-state index contributed by atoms with van der Waals surface area (Å²) in [5, 5.41) is 14.5. The van der Waals surface area contributed by atoms with Gasteiger partial charge in [0.1, 0.15) is 24.4 Å². The van der Waals surface area contributed by atoms with Gasteiger partial charge in [-0.3, -0.25) is 0 Å². The summed E-state index contributed by atoms with van der Waals surface area (Å²) in [5.74, 6) is -2.41. The highest BCUT2D eigenvalue weighted by Crippen LogP contribution is 2.37. The van der Waals surface area contributed by atoms with Gasteiger partial charge in [-0.25, -0.2) is 19.2 Å². The van der Waals surface area contributed by atoms with E-state index in [2.05, 4.69) is 132 Å². The first-order chi connectivity index (χ1) is 29.1. The van der Waals surface area contributed by atoms with Gasteiger partial charge in [-0.15, -0.1) is 0 Å². The van der Waals surface area contributed by atoms with Crippen LogP contribution in [0.15, 0.2) is 36.4 Å². The number of esters is 4. The Bertz CT molecular complexity index is 2000. The number of benzene rings is 2. The van der Waals surface area contributed by atoms with Crippen LogP contribution in [0.1, 0.15) is 204 Å². The number of carbonyl (C=O) groups excluding carboxylic acids is 4. The number of rotatable bonds is 9. The first-order valence-corrected chi connectivity index (χ1v) is 23.4. The van der Waals surface area contributed by atoms with Crippen molar-refractivity contribution in [3.63, 3.8) is 0 Å². The summed E-state index contributed by atoms with van der Waals surface area (Å²) < 4.78 is 25.0. The average molecular weight is 887 g/mol. The van der Waals surface area contributed by atoms with E-state index < -0.39 is 36.1 Å². The molecule has 64 heavy (non-hydrogen) atoms. The van der Waals surface area contributed by atoms with Crippen molar-refractivity contribution >= 4 is 23.9 Å². The molecule has 0 unspecified atom stereocenters. The van der Waals surface area contributed by atoms with Gasteiger partial charge in [0.05, 0.1) is 22.3 Å². The topological polar surface area (TPSA) is 153 Å². The standard InChI is InChI=1S/C52H78N4O8/c1-45(2)23-35(24-46(3,4)53-45)61-41(57)33-19-32(20-34(21-33)42(58)62-36-25-47(5,6)54-48(7,8)26-36)31-17-18-39(43(59)63-37-27-49(9,10)55-50(11,12)28-37)40(22-31)44(60)64-38-29-51(13,14)56-52(15,16)30-38/h17-22,35-38,53-56H,23-30H2,1-16H3. The van der Waals surface area contributed by atoms with E-state index in [1.807, 2.05) is 0 Å². The van der Waals surface area contributed by atoms with Gasteiger partial charge >= 0.3 is 23.9 Å². The molecule has 0 spiro atoms. The molecule has 12 nitrogen and oxygen atoms in total. The molecule has 0 aliphatic carbocycles. The Morgan fingerprint density at radius 2 is 0.625 bits per heavy atom. The molecule has 2 aromatic rings. The van der Waals surface area contributed by atoms with Crippen LogP contribution in [0.3, 0.4) is 0 Å². The van der Waals surface area contributed by atoms with Crippen molar-refractivity contribution in [2.45, 2.75) is 231 Å². The lowest BCUT2D eigenvalue weighted by molar-refractivity contribution is -0.0106. The summed E-state index contributed by atoms with van der Waals surface area (Å²) in [6.07, 6.45) is 3.23. The second kappa shape index (κ2) is 17.1. The van der Waals surface area contributed by atoms with Crippen molar-refractivity contribution < 1.29 is 38.1 Å². The molecule has 4 N–H and O–H groups in total. The summed E-state index contributed by atoms with van der Waals surface area (Å²) in [7, 11) is 0. The first kappa shape index (κ1) is 49.6. The molecule has 4 fully saturated rings. The maximum atomic E-state index is 14.5. The number of hydrogen-bond donors (Lipinski definition) is 4. The molecule has 0 amide bonds. The molecule has 4 aliphatic rings. The monoisotopic (exact) mass is 887 g/mol. The fourth-order valence-corrected chi connectivity index (χ4v) is 12.2. The number of nitrogens with one attached hydrogen (secondary N) is 4. The van der Waals surface area contributed by atoms with Crippen LogP contribution in [0.2, 0.25) is 0 Å². The van der Waals surface area contributed by atoms with Gasteiger partial charge in [0.15, 0.2) is 0 Å². The highest BCUT2D eigenvalue weighted by atomic mass is 16.6. The minimum atomic E-state index is -0.652. The lowest BCUT2D eigenvalue weighted by atomic mass is 9.81. The third-order valence-corrected chi connectivity index (χ3v) is 12.9. The molecular weight excluding hydrogens is 809 g/mol. The molecule has 0 atom stereocenters. The van der Waals surface area contributed by atoms with Gasteiger partial charge in [0.25, 0.3) is 0 Å². The predicted octanol–water partition coefficient (Wildman–Crippen LogP) is 9.22. The maximum Gasteiger partial charge on any atom is 0.339 e. The van der Waals surface area contributed by atoms with Crippen LogP contribution in [0.4, 0.5) is 0 Å². The molecule has 0 saturated carbocycles. The average Bonchev–Trinajstić information content (AvgIpc) is 3.05. The molecule has 4 saturated heterocycles. The fourth-order valence-electron chi connectivity index (χ4n) is 12.2. The van der Waals surface area contributed by atoms with Crippen molar-refractivity contribution in [2.75, 3.05) is 0 Å². The lowest BCUT2D eigenvalue weighted by Gasteiger charge is -2.46. The number of piperidine rings is 4. The van der Waals surface area contributed by atoms with Crippen LogP contribution in [0.25, 0.3) is 11.1 Å². The van der Waals surface area contributed by atoms with E-state index in [0.29, 0.717) is 62.5 Å². The Morgan fingerprint density at radius 3 is 0.922 bits per heavy atom. The molecule has 4 aliphatic heterocycles. The van der Waals surface area contributed by atoms with E-state index in [0.717, 1.165) is 0 Å². The zero-order valence-corrected chi connectivity index (χ0v) is 41.7. The van der Waals surface area contributed by atoms with Crippen molar-refractivity contribution in [1.29, 1.82) is 0 Å². The molecule has 0 bridgehead atoms. The second-order valence-electron chi connectivity index (χ2n) is 24.9. The van der Waals surface area contributed by atoms with Crippen LogP contribution < -0.4 is 21.3 Å². The first-order valence-electron chi connectivity index (χ1n) is 23.4. The summed E-state index contributed by atoms with van der Waals surface area (Å²) in [6, 6.07) is 9.80. The molecule has 6 rings (SSSR count). The van der Waals surface area contributed by atoms with Gasteiger partial charge in [-0.2, -0.15) is 0 Å². The molecule has 2 aromatic carbocycles. The normalized spacial score (nSPS) is 24.8. The number of hydrogen-bond acceptors (Lipinski definition) is 12. The largest absolute Gasteiger partial charge is 0.459 e. The van der Waals surface area contributed by atoms with Crippen LogP contribution in [-0.4, -0.2) is 92.6 Å². The summed E-state index contributed by atoms with van der Waals surface area (Å²) in [5.41, 5.74) is -0.805. The Labute approximate surface area is 382 Å². The Morgan fingerprint density at radius 1 is 0.359 bits per heavy atom. The highest BCUT2D eigenvalue weighted by molar-refractivity contribution is 6.05. The molecule has 0 aromatic heterocycles. The Kier molecular flexibility index (Phi) is 13.3. The van der Waals surface area contributed by atoms with Gasteiger partial charge in [-0.1, -0.05) is 6.07 Å². The zero-order valence-electron chi connectivity index (χ0n) is 41.7. The SMILES string of the molecule is CC1(C)CC(OC(=O)c2cc(C(=O)OC3CC(C)(C)NC(C)(C)C3)cc(-c3ccc(C(=O)OC4CC(C)(C)NC(C)(C)C4)c(C(=O)OC4CC(C)(C)NC(C)(C)C4)c3)c2)CC(C)(C)N1. The maximum absolute atomic E-state index is 14.5. The molecular formula is C52H78N4O8. The van der Waals surface area contributed by atoms with Gasteiger partial charge in [0.2, 0.25) is 0 Å².